The zero-order valence-electron chi connectivity index (χ0n) is 21.0. The number of hydrogen-bond acceptors (Lipinski definition) is 6. The van der Waals surface area contributed by atoms with Gasteiger partial charge in [-0.15, -0.1) is 0 Å². The Kier molecular flexibility index (Phi) is 7.13. The fourth-order valence-electron chi connectivity index (χ4n) is 4.45. The fourth-order valence-corrected chi connectivity index (χ4v) is 4.45. The van der Waals surface area contributed by atoms with Gasteiger partial charge in [0.25, 0.3) is 0 Å². The zero-order chi connectivity index (χ0) is 27.6. The van der Waals surface area contributed by atoms with E-state index >= 15 is 0 Å². The number of piperazine rings is 1. The normalized spacial score (nSPS) is 14.3. The SMILES string of the molecule is [C-]#[N+]c1cc(OC)c2oc(-c3ccc(NC(=O)CN4CCN(c5ccc(C(F)(F)F)cc5)CC4)cc3)nc2c1. The lowest BCUT2D eigenvalue weighted by Crippen LogP contribution is -2.48. The van der Waals surface area contributed by atoms with Crippen molar-refractivity contribution in [3.63, 3.8) is 0 Å². The van der Waals surface area contributed by atoms with E-state index in [-0.39, 0.29) is 12.5 Å². The van der Waals surface area contributed by atoms with Crippen LogP contribution in [0.1, 0.15) is 5.56 Å². The molecule has 4 aromatic rings. The average Bonchev–Trinajstić information content (AvgIpc) is 3.37. The smallest absolute Gasteiger partial charge is 0.416 e. The maximum Gasteiger partial charge on any atom is 0.416 e. The Morgan fingerprint density at radius 3 is 2.38 bits per heavy atom. The van der Waals surface area contributed by atoms with Crippen LogP contribution >= 0.6 is 0 Å². The van der Waals surface area contributed by atoms with Gasteiger partial charge < -0.3 is 19.4 Å². The number of carbonyl (C=O) groups is 1. The van der Waals surface area contributed by atoms with E-state index in [1.54, 1.807) is 36.4 Å². The molecule has 5 rings (SSSR count). The van der Waals surface area contributed by atoms with E-state index in [9.17, 15) is 18.0 Å². The Hall–Kier alpha value is -4.56. The van der Waals surface area contributed by atoms with Crippen molar-refractivity contribution in [2.24, 2.45) is 0 Å². The summed E-state index contributed by atoms with van der Waals surface area (Å²) in [6.07, 6.45) is -4.35. The minimum Gasteiger partial charge on any atom is -0.494 e. The Morgan fingerprint density at radius 1 is 1.08 bits per heavy atom. The molecular weight excluding hydrogens is 511 g/mol. The van der Waals surface area contributed by atoms with Gasteiger partial charge in [-0.25, -0.2) is 9.83 Å². The molecule has 1 aliphatic heterocycles. The summed E-state index contributed by atoms with van der Waals surface area (Å²) < 4.78 is 49.6. The van der Waals surface area contributed by atoms with Gasteiger partial charge in [0.05, 0.1) is 25.8 Å². The van der Waals surface area contributed by atoms with Crippen molar-refractivity contribution >= 4 is 34.1 Å². The molecule has 0 saturated carbocycles. The van der Waals surface area contributed by atoms with E-state index in [2.05, 4.69) is 15.1 Å². The number of carbonyl (C=O) groups excluding carboxylic acids is 1. The predicted molar refractivity (Wildman–Crippen MR) is 141 cm³/mol. The summed E-state index contributed by atoms with van der Waals surface area (Å²) in [5, 5.41) is 2.89. The number of alkyl halides is 3. The molecule has 1 aromatic heterocycles. The highest BCUT2D eigenvalue weighted by molar-refractivity contribution is 5.92. The number of amides is 1. The number of fused-ring (bicyclic) bond motifs is 1. The Labute approximate surface area is 222 Å². The summed E-state index contributed by atoms with van der Waals surface area (Å²) in [5.74, 6) is 0.638. The second-order valence-corrected chi connectivity index (χ2v) is 9.06. The van der Waals surface area contributed by atoms with Crippen LogP contribution in [-0.2, 0) is 11.0 Å². The second-order valence-electron chi connectivity index (χ2n) is 9.06. The van der Waals surface area contributed by atoms with Crippen LogP contribution in [0.2, 0.25) is 0 Å². The monoisotopic (exact) mass is 535 g/mol. The maximum absolute atomic E-state index is 12.8. The van der Waals surface area contributed by atoms with Crippen LogP contribution in [0.3, 0.4) is 0 Å². The molecule has 8 nitrogen and oxygen atoms in total. The van der Waals surface area contributed by atoms with Gasteiger partial charge in [0.15, 0.2) is 17.0 Å². The highest BCUT2D eigenvalue weighted by Crippen LogP contribution is 2.35. The van der Waals surface area contributed by atoms with Gasteiger partial charge in [0, 0.05) is 43.1 Å². The van der Waals surface area contributed by atoms with E-state index in [1.165, 1.54) is 19.2 Å². The number of rotatable bonds is 6. The van der Waals surface area contributed by atoms with E-state index in [0.29, 0.717) is 65.9 Å². The van der Waals surface area contributed by atoms with Crippen molar-refractivity contribution in [2.75, 3.05) is 50.1 Å². The van der Waals surface area contributed by atoms with Crippen molar-refractivity contribution in [1.82, 2.24) is 9.88 Å². The van der Waals surface area contributed by atoms with Crippen LogP contribution < -0.4 is 15.0 Å². The number of anilines is 2. The number of ether oxygens (including phenoxy) is 1. The van der Waals surface area contributed by atoms with Gasteiger partial charge >= 0.3 is 6.18 Å². The quantitative estimate of drug-likeness (QED) is 0.313. The molecule has 39 heavy (non-hydrogen) atoms. The standard InChI is InChI=1S/C28H24F3N5O3/c1-32-21-15-23-26(24(16-21)38-2)39-27(34-23)18-3-7-20(8-4-18)33-25(37)17-35-11-13-36(14-12-35)22-9-5-19(6-10-22)28(29,30)31/h3-10,15-16H,11-14,17H2,2H3,(H,33,37). The van der Waals surface area contributed by atoms with Crippen LogP contribution in [0, 0.1) is 6.57 Å². The average molecular weight is 536 g/mol. The number of nitrogens with one attached hydrogen (secondary N) is 1. The molecule has 11 heteroatoms. The van der Waals surface area contributed by atoms with Crippen molar-refractivity contribution in [2.45, 2.75) is 6.18 Å². The summed E-state index contributed by atoms with van der Waals surface area (Å²) in [4.78, 5) is 24.5. The molecule has 1 aliphatic rings. The Balaban J connectivity index is 1.15. The molecule has 0 spiro atoms. The summed E-state index contributed by atoms with van der Waals surface area (Å²) >= 11 is 0. The first-order valence-corrected chi connectivity index (χ1v) is 12.1. The Morgan fingerprint density at radius 2 is 1.77 bits per heavy atom. The first-order chi connectivity index (χ1) is 18.7. The van der Waals surface area contributed by atoms with Crippen molar-refractivity contribution in [3.05, 3.63) is 77.6 Å². The minimum absolute atomic E-state index is 0.163. The number of aromatic nitrogens is 1. The van der Waals surface area contributed by atoms with Crippen molar-refractivity contribution in [1.29, 1.82) is 0 Å². The lowest BCUT2D eigenvalue weighted by atomic mass is 10.1. The molecule has 0 unspecified atom stereocenters. The van der Waals surface area contributed by atoms with E-state index < -0.39 is 11.7 Å². The topological polar surface area (TPSA) is 75.2 Å². The molecule has 200 valence electrons. The van der Waals surface area contributed by atoms with Gasteiger partial charge in [0.1, 0.15) is 5.52 Å². The van der Waals surface area contributed by atoms with Crippen LogP contribution in [0.4, 0.5) is 30.2 Å². The molecule has 0 bridgehead atoms. The molecule has 1 fully saturated rings. The molecule has 1 saturated heterocycles. The minimum atomic E-state index is -4.35. The molecule has 1 amide bonds. The van der Waals surface area contributed by atoms with Crippen LogP contribution in [0.25, 0.3) is 27.4 Å². The largest absolute Gasteiger partial charge is 0.494 e. The third kappa shape index (κ3) is 5.81. The number of benzene rings is 3. The van der Waals surface area contributed by atoms with E-state index in [4.69, 9.17) is 15.7 Å². The maximum atomic E-state index is 12.8. The first-order valence-electron chi connectivity index (χ1n) is 12.1. The number of oxazole rings is 1. The van der Waals surface area contributed by atoms with Gasteiger partial charge in [0.2, 0.25) is 11.8 Å². The second kappa shape index (κ2) is 10.7. The lowest BCUT2D eigenvalue weighted by molar-refractivity contribution is -0.137. The summed E-state index contributed by atoms with van der Waals surface area (Å²) in [6, 6.07) is 15.5. The van der Waals surface area contributed by atoms with Crippen LogP contribution in [-0.4, -0.2) is 55.6 Å². The number of nitrogens with zero attached hydrogens (tertiary/aromatic N) is 4. The molecule has 2 heterocycles. The molecular formula is C28H24F3N5O3. The van der Waals surface area contributed by atoms with Crippen LogP contribution in [0.15, 0.2) is 65.1 Å². The third-order valence-electron chi connectivity index (χ3n) is 6.50. The summed E-state index contributed by atoms with van der Waals surface area (Å²) in [7, 11) is 1.50. The molecule has 3 aromatic carbocycles. The number of halogens is 3. The lowest BCUT2D eigenvalue weighted by Gasteiger charge is -2.35. The molecule has 0 aliphatic carbocycles. The van der Waals surface area contributed by atoms with Crippen molar-refractivity contribution < 1.29 is 27.1 Å². The zero-order valence-corrected chi connectivity index (χ0v) is 21.0. The molecule has 0 atom stereocenters. The highest BCUT2D eigenvalue weighted by atomic mass is 19.4. The highest BCUT2D eigenvalue weighted by Gasteiger charge is 2.30. The first kappa shape index (κ1) is 26.1. The molecule has 0 radical (unpaired) electrons. The summed E-state index contributed by atoms with van der Waals surface area (Å²) in [5.41, 5.74) is 2.77. The van der Waals surface area contributed by atoms with Crippen LogP contribution in [0.5, 0.6) is 5.75 Å². The van der Waals surface area contributed by atoms with E-state index in [1.807, 2.05) is 9.80 Å². The Bertz CT molecular complexity index is 1520. The fraction of sp³-hybridized carbons (Fsp3) is 0.250. The van der Waals surface area contributed by atoms with Gasteiger partial charge in [-0.05, 0) is 60.7 Å². The number of methoxy groups -OCH3 is 1. The van der Waals surface area contributed by atoms with E-state index in [0.717, 1.165) is 17.8 Å². The van der Waals surface area contributed by atoms with Gasteiger partial charge in [-0.3, -0.25) is 9.69 Å². The predicted octanol–water partition coefficient (Wildman–Crippen LogP) is 5.83. The van der Waals surface area contributed by atoms with Gasteiger partial charge in [-0.2, -0.15) is 13.2 Å². The number of hydrogen-bond donors (Lipinski definition) is 1. The molecule has 1 N–H and O–H groups in total. The third-order valence-corrected chi connectivity index (χ3v) is 6.50. The van der Waals surface area contributed by atoms with Crippen molar-refractivity contribution in [3.8, 4) is 17.2 Å². The van der Waals surface area contributed by atoms with Gasteiger partial charge in [-0.1, -0.05) is 0 Å². The summed E-state index contributed by atoms with van der Waals surface area (Å²) in [6.45, 7) is 9.89.